The topological polar surface area (TPSA) is 94.1 Å². The molecule has 1 heterocycles. The second-order valence-electron chi connectivity index (χ2n) is 5.27. The maximum atomic E-state index is 11.8. The molecule has 0 aliphatic carbocycles. The number of carbonyl (C=O) groups is 1. The number of nitrogens with zero attached hydrogens (tertiary/aromatic N) is 3. The second-order valence-corrected chi connectivity index (χ2v) is 5.27. The number of aromatic nitrogens is 3. The molecule has 0 radical (unpaired) electrons. The summed E-state index contributed by atoms with van der Waals surface area (Å²) >= 11 is 0. The van der Waals surface area contributed by atoms with Gasteiger partial charge in [0.15, 0.2) is 0 Å². The SMILES string of the molecule is CCCc1nc(C(=O)NCC(C)(O)CN(C)C)n[nH]1. The Kier molecular flexibility index (Phi) is 5.44. The van der Waals surface area contributed by atoms with E-state index in [1.807, 2.05) is 25.9 Å². The Bertz CT molecular complexity index is 414. The third kappa shape index (κ3) is 5.35. The summed E-state index contributed by atoms with van der Waals surface area (Å²) in [5, 5.41) is 19.3. The predicted octanol–water partition coefficient (Wildman–Crippen LogP) is -0.200. The van der Waals surface area contributed by atoms with E-state index < -0.39 is 5.60 Å². The molecule has 0 aliphatic heterocycles. The Hall–Kier alpha value is -1.47. The van der Waals surface area contributed by atoms with Gasteiger partial charge < -0.3 is 15.3 Å². The summed E-state index contributed by atoms with van der Waals surface area (Å²) in [6.45, 7) is 4.32. The second kappa shape index (κ2) is 6.63. The quantitative estimate of drug-likeness (QED) is 0.637. The van der Waals surface area contributed by atoms with Crippen LogP contribution in [0.2, 0.25) is 0 Å². The number of carbonyl (C=O) groups excluding carboxylic acids is 1. The smallest absolute Gasteiger partial charge is 0.291 e. The van der Waals surface area contributed by atoms with E-state index in [2.05, 4.69) is 20.5 Å². The third-order valence-corrected chi connectivity index (χ3v) is 2.51. The van der Waals surface area contributed by atoms with Crippen LogP contribution >= 0.6 is 0 Å². The van der Waals surface area contributed by atoms with Crippen molar-refractivity contribution in [2.75, 3.05) is 27.2 Å². The van der Waals surface area contributed by atoms with Crippen molar-refractivity contribution in [2.24, 2.45) is 0 Å². The first-order chi connectivity index (χ1) is 8.84. The average molecular weight is 269 g/mol. The van der Waals surface area contributed by atoms with E-state index in [1.54, 1.807) is 6.92 Å². The molecule has 1 rings (SSSR count). The lowest BCUT2D eigenvalue weighted by Gasteiger charge is -2.26. The number of aliphatic hydroxyl groups is 1. The number of aryl methyl sites for hydroxylation is 1. The predicted molar refractivity (Wildman–Crippen MR) is 71.9 cm³/mol. The van der Waals surface area contributed by atoms with Gasteiger partial charge in [0.25, 0.3) is 5.91 Å². The zero-order valence-corrected chi connectivity index (χ0v) is 12.0. The Morgan fingerprint density at radius 3 is 2.79 bits per heavy atom. The van der Waals surface area contributed by atoms with Gasteiger partial charge in [0.1, 0.15) is 5.82 Å². The van der Waals surface area contributed by atoms with E-state index in [4.69, 9.17) is 0 Å². The van der Waals surface area contributed by atoms with Gasteiger partial charge in [0, 0.05) is 19.5 Å². The highest BCUT2D eigenvalue weighted by Crippen LogP contribution is 2.03. The first-order valence-corrected chi connectivity index (χ1v) is 6.40. The van der Waals surface area contributed by atoms with Crippen LogP contribution < -0.4 is 5.32 Å². The minimum atomic E-state index is -0.984. The van der Waals surface area contributed by atoms with E-state index in [9.17, 15) is 9.90 Å². The lowest BCUT2D eigenvalue weighted by molar-refractivity contribution is 0.0324. The van der Waals surface area contributed by atoms with E-state index in [-0.39, 0.29) is 18.3 Å². The van der Waals surface area contributed by atoms with Gasteiger partial charge in [-0.1, -0.05) is 6.92 Å². The van der Waals surface area contributed by atoms with Crippen molar-refractivity contribution >= 4 is 5.91 Å². The van der Waals surface area contributed by atoms with Crippen LogP contribution in [0.4, 0.5) is 0 Å². The van der Waals surface area contributed by atoms with Gasteiger partial charge in [0.05, 0.1) is 5.60 Å². The van der Waals surface area contributed by atoms with Crippen LogP contribution in [0.5, 0.6) is 0 Å². The van der Waals surface area contributed by atoms with Gasteiger partial charge in [-0.2, -0.15) is 0 Å². The summed E-state index contributed by atoms with van der Waals surface area (Å²) in [5.41, 5.74) is -0.984. The van der Waals surface area contributed by atoms with E-state index in [0.29, 0.717) is 12.4 Å². The summed E-state index contributed by atoms with van der Waals surface area (Å²) in [7, 11) is 3.73. The number of aromatic amines is 1. The summed E-state index contributed by atoms with van der Waals surface area (Å²) < 4.78 is 0. The normalized spacial score (nSPS) is 14.4. The Balaban J connectivity index is 2.50. The fourth-order valence-corrected chi connectivity index (χ4v) is 1.83. The molecule has 0 spiro atoms. The molecule has 108 valence electrons. The van der Waals surface area contributed by atoms with Gasteiger partial charge in [-0.05, 0) is 27.4 Å². The minimum Gasteiger partial charge on any atom is -0.387 e. The average Bonchev–Trinajstić information content (AvgIpc) is 2.73. The van der Waals surface area contributed by atoms with Crippen LogP contribution in [0.15, 0.2) is 0 Å². The van der Waals surface area contributed by atoms with Crippen molar-refractivity contribution in [3.05, 3.63) is 11.6 Å². The van der Waals surface area contributed by atoms with Gasteiger partial charge in [-0.15, -0.1) is 5.10 Å². The summed E-state index contributed by atoms with van der Waals surface area (Å²) in [6.07, 6.45) is 1.70. The molecule has 1 aromatic rings. The van der Waals surface area contributed by atoms with Gasteiger partial charge >= 0.3 is 0 Å². The molecule has 0 saturated heterocycles. The number of H-pyrrole nitrogens is 1. The first kappa shape index (κ1) is 15.6. The number of nitrogens with one attached hydrogen (secondary N) is 2. The summed E-state index contributed by atoms with van der Waals surface area (Å²) in [4.78, 5) is 17.8. The minimum absolute atomic E-state index is 0.115. The maximum absolute atomic E-state index is 11.8. The zero-order valence-electron chi connectivity index (χ0n) is 12.0. The first-order valence-electron chi connectivity index (χ1n) is 6.40. The molecule has 1 atom stereocenters. The van der Waals surface area contributed by atoms with Crippen LogP contribution in [0.3, 0.4) is 0 Å². The largest absolute Gasteiger partial charge is 0.387 e. The van der Waals surface area contributed by atoms with E-state index >= 15 is 0 Å². The lowest BCUT2D eigenvalue weighted by atomic mass is 10.1. The highest BCUT2D eigenvalue weighted by molar-refractivity contribution is 5.90. The number of likely N-dealkylation sites (N-methyl/N-ethyl adjacent to an activating group) is 1. The molecular formula is C12H23N5O2. The summed E-state index contributed by atoms with van der Waals surface area (Å²) in [6, 6.07) is 0. The number of amides is 1. The molecule has 0 fully saturated rings. The van der Waals surface area contributed by atoms with Crippen molar-refractivity contribution in [2.45, 2.75) is 32.3 Å². The molecule has 7 nitrogen and oxygen atoms in total. The van der Waals surface area contributed by atoms with Crippen LogP contribution in [-0.2, 0) is 6.42 Å². The molecule has 1 unspecified atom stereocenters. The monoisotopic (exact) mass is 269 g/mol. The van der Waals surface area contributed by atoms with Crippen LogP contribution in [0, 0.1) is 0 Å². The highest BCUT2D eigenvalue weighted by atomic mass is 16.3. The standard InChI is InChI=1S/C12H23N5O2/c1-5-6-9-14-10(16-15-9)11(18)13-7-12(2,19)8-17(3)4/h19H,5-8H2,1-4H3,(H,13,18)(H,14,15,16). The molecule has 1 amide bonds. The van der Waals surface area contributed by atoms with E-state index in [0.717, 1.165) is 12.8 Å². The van der Waals surface area contributed by atoms with E-state index in [1.165, 1.54) is 0 Å². The molecule has 0 aliphatic rings. The van der Waals surface area contributed by atoms with Crippen LogP contribution in [0.1, 0.15) is 36.7 Å². The summed E-state index contributed by atoms with van der Waals surface area (Å²) in [5.74, 6) is 0.439. The maximum Gasteiger partial charge on any atom is 0.291 e. The van der Waals surface area contributed by atoms with Gasteiger partial charge in [0.2, 0.25) is 5.82 Å². The number of hydrogen-bond acceptors (Lipinski definition) is 5. The van der Waals surface area contributed by atoms with Gasteiger partial charge in [-0.3, -0.25) is 9.89 Å². The number of hydrogen-bond donors (Lipinski definition) is 3. The molecule has 0 bridgehead atoms. The molecule has 0 aromatic carbocycles. The fraction of sp³-hybridized carbons (Fsp3) is 0.750. The Labute approximate surface area is 113 Å². The molecule has 1 aromatic heterocycles. The molecule has 19 heavy (non-hydrogen) atoms. The Morgan fingerprint density at radius 1 is 1.53 bits per heavy atom. The lowest BCUT2D eigenvalue weighted by Crippen LogP contribution is -2.47. The van der Waals surface area contributed by atoms with Gasteiger partial charge in [-0.25, -0.2) is 4.98 Å². The Morgan fingerprint density at radius 2 is 2.21 bits per heavy atom. The molecule has 3 N–H and O–H groups in total. The van der Waals surface area contributed by atoms with Crippen LogP contribution in [0.25, 0.3) is 0 Å². The van der Waals surface area contributed by atoms with Crippen molar-refractivity contribution in [3.8, 4) is 0 Å². The van der Waals surface area contributed by atoms with Crippen LogP contribution in [-0.4, -0.2) is 63.9 Å². The van der Waals surface area contributed by atoms with Crippen molar-refractivity contribution in [1.29, 1.82) is 0 Å². The zero-order chi connectivity index (χ0) is 14.5. The third-order valence-electron chi connectivity index (χ3n) is 2.51. The number of rotatable bonds is 7. The highest BCUT2D eigenvalue weighted by Gasteiger charge is 2.23. The van der Waals surface area contributed by atoms with Crippen molar-refractivity contribution in [3.63, 3.8) is 0 Å². The van der Waals surface area contributed by atoms with Crippen molar-refractivity contribution in [1.82, 2.24) is 25.4 Å². The molecular weight excluding hydrogens is 246 g/mol. The molecule has 7 heteroatoms. The van der Waals surface area contributed by atoms with Crippen molar-refractivity contribution < 1.29 is 9.90 Å². The molecule has 0 saturated carbocycles. The fourth-order valence-electron chi connectivity index (χ4n) is 1.83.